The van der Waals surface area contributed by atoms with E-state index in [1.807, 2.05) is 19.1 Å². The summed E-state index contributed by atoms with van der Waals surface area (Å²) in [5.74, 6) is 0.496. The highest BCUT2D eigenvalue weighted by Gasteiger charge is 2.19. The van der Waals surface area contributed by atoms with Gasteiger partial charge in [0, 0.05) is 12.5 Å². The lowest BCUT2D eigenvalue weighted by Crippen LogP contribution is -2.34. The van der Waals surface area contributed by atoms with Crippen molar-refractivity contribution in [1.29, 1.82) is 0 Å². The molecule has 3 rings (SSSR count). The van der Waals surface area contributed by atoms with Gasteiger partial charge in [0.25, 0.3) is 0 Å². The Morgan fingerprint density at radius 3 is 2.79 bits per heavy atom. The highest BCUT2D eigenvalue weighted by molar-refractivity contribution is 7.89. The minimum atomic E-state index is -3.67. The molecule has 1 aliphatic rings. The Balaban J connectivity index is 1.71. The van der Waals surface area contributed by atoms with Gasteiger partial charge in [-0.3, -0.25) is 0 Å². The van der Waals surface area contributed by atoms with Gasteiger partial charge in [0.05, 0.1) is 11.5 Å². The van der Waals surface area contributed by atoms with Crippen molar-refractivity contribution in [3.63, 3.8) is 0 Å². The number of halogens is 1. The lowest BCUT2D eigenvalue weighted by molar-refractivity contribution is 0.357. The molecule has 0 bridgehead atoms. The summed E-state index contributed by atoms with van der Waals surface area (Å²) in [5.41, 5.74) is 2.53. The van der Waals surface area contributed by atoms with Crippen LogP contribution in [0.15, 0.2) is 41.3 Å². The molecule has 0 saturated carbocycles. The number of rotatable bonds is 5. The SMILES string of the molecule is Cc1cc(S(=O)(=O)NC(C)Cc2ccc3c(c2)CCO3)ccc1F. The first-order valence-electron chi connectivity index (χ1n) is 7.88. The predicted octanol–water partition coefficient (Wildman–Crippen LogP) is 2.98. The zero-order chi connectivity index (χ0) is 17.3. The van der Waals surface area contributed by atoms with E-state index in [0.29, 0.717) is 18.6 Å². The van der Waals surface area contributed by atoms with Crippen molar-refractivity contribution in [2.75, 3.05) is 6.61 Å². The van der Waals surface area contributed by atoms with Crippen molar-refractivity contribution in [2.24, 2.45) is 0 Å². The molecule has 24 heavy (non-hydrogen) atoms. The summed E-state index contributed by atoms with van der Waals surface area (Å²) >= 11 is 0. The number of aryl methyl sites for hydroxylation is 1. The molecule has 128 valence electrons. The molecule has 2 aromatic rings. The summed E-state index contributed by atoms with van der Waals surface area (Å²) in [6, 6.07) is 9.48. The van der Waals surface area contributed by atoms with Crippen LogP contribution in [0.2, 0.25) is 0 Å². The van der Waals surface area contributed by atoms with E-state index in [0.717, 1.165) is 23.3 Å². The number of hydrogen-bond acceptors (Lipinski definition) is 3. The Labute approximate surface area is 141 Å². The van der Waals surface area contributed by atoms with E-state index in [1.54, 1.807) is 6.92 Å². The first-order chi connectivity index (χ1) is 11.3. The molecule has 0 saturated heterocycles. The quantitative estimate of drug-likeness (QED) is 0.903. The van der Waals surface area contributed by atoms with Crippen molar-refractivity contribution < 1.29 is 17.5 Å². The van der Waals surface area contributed by atoms with Gasteiger partial charge in [-0.05, 0) is 61.2 Å². The van der Waals surface area contributed by atoms with Gasteiger partial charge in [-0.2, -0.15) is 0 Å². The van der Waals surface area contributed by atoms with Crippen molar-refractivity contribution in [3.8, 4) is 5.75 Å². The maximum absolute atomic E-state index is 13.3. The smallest absolute Gasteiger partial charge is 0.240 e. The second-order valence-corrected chi connectivity index (χ2v) is 7.89. The molecule has 0 radical (unpaired) electrons. The molecular weight excluding hydrogens is 329 g/mol. The van der Waals surface area contributed by atoms with E-state index in [-0.39, 0.29) is 10.9 Å². The number of hydrogen-bond donors (Lipinski definition) is 1. The Hall–Kier alpha value is -1.92. The Morgan fingerprint density at radius 2 is 2.04 bits per heavy atom. The molecule has 0 spiro atoms. The molecule has 0 fully saturated rings. The van der Waals surface area contributed by atoms with Crippen LogP contribution in [0.5, 0.6) is 5.75 Å². The van der Waals surface area contributed by atoms with Crippen molar-refractivity contribution >= 4 is 10.0 Å². The third kappa shape index (κ3) is 3.60. The normalized spacial score (nSPS) is 15.0. The van der Waals surface area contributed by atoms with Crippen LogP contribution in [-0.2, 0) is 22.9 Å². The topological polar surface area (TPSA) is 55.4 Å². The minimum Gasteiger partial charge on any atom is -0.493 e. The van der Waals surface area contributed by atoms with Crippen LogP contribution in [0.4, 0.5) is 4.39 Å². The molecule has 2 aromatic carbocycles. The molecule has 1 heterocycles. The number of nitrogens with one attached hydrogen (secondary N) is 1. The molecule has 1 N–H and O–H groups in total. The van der Waals surface area contributed by atoms with Crippen molar-refractivity contribution in [2.45, 2.75) is 37.6 Å². The average molecular weight is 349 g/mol. The fourth-order valence-corrected chi connectivity index (χ4v) is 4.21. The third-order valence-corrected chi connectivity index (χ3v) is 5.68. The Morgan fingerprint density at radius 1 is 1.25 bits per heavy atom. The highest BCUT2D eigenvalue weighted by Crippen LogP contribution is 2.26. The average Bonchev–Trinajstić information content (AvgIpc) is 2.96. The van der Waals surface area contributed by atoms with Crippen LogP contribution in [-0.4, -0.2) is 21.1 Å². The van der Waals surface area contributed by atoms with E-state index in [9.17, 15) is 12.8 Å². The monoisotopic (exact) mass is 349 g/mol. The number of sulfonamides is 1. The Kier molecular flexibility index (Phi) is 4.60. The van der Waals surface area contributed by atoms with Crippen LogP contribution in [0.25, 0.3) is 0 Å². The van der Waals surface area contributed by atoms with Crippen molar-refractivity contribution in [1.82, 2.24) is 4.72 Å². The zero-order valence-electron chi connectivity index (χ0n) is 13.7. The Bertz CT molecular complexity index is 865. The predicted molar refractivity (Wildman–Crippen MR) is 90.3 cm³/mol. The third-order valence-electron chi connectivity index (χ3n) is 4.09. The fraction of sp³-hybridized carbons (Fsp3) is 0.333. The summed E-state index contributed by atoms with van der Waals surface area (Å²) in [7, 11) is -3.67. The van der Waals surface area contributed by atoms with Gasteiger partial charge in [-0.25, -0.2) is 17.5 Å². The van der Waals surface area contributed by atoms with Crippen molar-refractivity contribution in [3.05, 3.63) is 58.9 Å². The molecule has 4 nitrogen and oxygen atoms in total. The number of benzene rings is 2. The molecule has 1 atom stereocenters. The summed E-state index contributed by atoms with van der Waals surface area (Å²) in [6.45, 7) is 4.06. The van der Waals surface area contributed by atoms with Gasteiger partial charge < -0.3 is 4.74 Å². The van der Waals surface area contributed by atoms with E-state index in [4.69, 9.17) is 4.74 Å². The van der Waals surface area contributed by atoms with Gasteiger partial charge in [-0.1, -0.05) is 12.1 Å². The highest BCUT2D eigenvalue weighted by atomic mass is 32.2. The van der Waals surface area contributed by atoms with Gasteiger partial charge in [0.15, 0.2) is 0 Å². The summed E-state index contributed by atoms with van der Waals surface area (Å²) < 4.78 is 46.3. The van der Waals surface area contributed by atoms with E-state index in [2.05, 4.69) is 10.8 Å². The summed E-state index contributed by atoms with van der Waals surface area (Å²) in [5, 5.41) is 0. The number of fused-ring (bicyclic) bond motifs is 1. The summed E-state index contributed by atoms with van der Waals surface area (Å²) in [6.07, 6.45) is 1.46. The largest absolute Gasteiger partial charge is 0.493 e. The van der Waals surface area contributed by atoms with Crippen LogP contribution < -0.4 is 9.46 Å². The molecule has 1 aliphatic heterocycles. The van der Waals surface area contributed by atoms with E-state index in [1.165, 1.54) is 18.2 Å². The molecule has 0 aromatic heterocycles. The number of ether oxygens (including phenoxy) is 1. The first-order valence-corrected chi connectivity index (χ1v) is 9.36. The standard InChI is InChI=1S/C18H20FNO3S/c1-12-9-16(4-5-17(12)19)24(21,22)20-13(2)10-14-3-6-18-15(11-14)7-8-23-18/h3-6,9,11,13,20H,7-8,10H2,1-2H3. The lowest BCUT2D eigenvalue weighted by Gasteiger charge is -2.15. The molecule has 0 amide bonds. The molecule has 6 heteroatoms. The lowest BCUT2D eigenvalue weighted by atomic mass is 10.0. The zero-order valence-corrected chi connectivity index (χ0v) is 14.5. The van der Waals surface area contributed by atoms with Gasteiger partial charge in [0.2, 0.25) is 10.0 Å². The van der Waals surface area contributed by atoms with Crippen LogP contribution in [0.1, 0.15) is 23.6 Å². The van der Waals surface area contributed by atoms with Crippen LogP contribution >= 0.6 is 0 Å². The molecular formula is C18H20FNO3S. The molecule has 0 aliphatic carbocycles. The van der Waals surface area contributed by atoms with E-state index < -0.39 is 15.8 Å². The van der Waals surface area contributed by atoms with Gasteiger partial charge in [0.1, 0.15) is 11.6 Å². The maximum atomic E-state index is 13.3. The minimum absolute atomic E-state index is 0.0793. The summed E-state index contributed by atoms with van der Waals surface area (Å²) in [4.78, 5) is 0.0793. The first kappa shape index (κ1) is 16.9. The van der Waals surface area contributed by atoms with E-state index >= 15 is 0 Å². The van der Waals surface area contributed by atoms with Crippen LogP contribution in [0.3, 0.4) is 0 Å². The van der Waals surface area contributed by atoms with Gasteiger partial charge in [-0.15, -0.1) is 0 Å². The molecule has 1 unspecified atom stereocenters. The van der Waals surface area contributed by atoms with Crippen LogP contribution in [0, 0.1) is 12.7 Å². The maximum Gasteiger partial charge on any atom is 0.240 e. The second kappa shape index (κ2) is 6.53. The van der Waals surface area contributed by atoms with Gasteiger partial charge >= 0.3 is 0 Å². The fourth-order valence-electron chi connectivity index (χ4n) is 2.88. The second-order valence-electron chi connectivity index (χ2n) is 6.18.